The van der Waals surface area contributed by atoms with E-state index in [1.54, 1.807) is 6.07 Å². The Hall–Kier alpha value is -0.310. The Morgan fingerprint density at radius 3 is 2.87 bits per heavy atom. The van der Waals surface area contributed by atoms with Gasteiger partial charge in [-0.25, -0.2) is 0 Å². The number of hydrogen-bond acceptors (Lipinski definition) is 2. The maximum Gasteiger partial charge on any atom is 0.261 e. The topological polar surface area (TPSA) is 29.1 Å². The summed E-state index contributed by atoms with van der Waals surface area (Å²) in [6.45, 7) is 1.88. The van der Waals surface area contributed by atoms with E-state index in [-0.39, 0.29) is 11.9 Å². The molecule has 0 aromatic carbocycles. The van der Waals surface area contributed by atoms with Crippen molar-refractivity contribution < 1.29 is 4.79 Å². The molecule has 1 unspecified atom stereocenters. The van der Waals surface area contributed by atoms with Crippen molar-refractivity contribution in [3.05, 3.63) is 19.2 Å². The third-order valence-corrected chi connectivity index (χ3v) is 4.93. The van der Waals surface area contributed by atoms with Gasteiger partial charge in [0.15, 0.2) is 0 Å². The van der Waals surface area contributed by atoms with E-state index in [9.17, 15) is 4.79 Å². The molecule has 1 rings (SSSR count). The molecule has 2 nitrogen and oxygen atoms in total. The van der Waals surface area contributed by atoms with Crippen molar-refractivity contribution in [3.8, 4) is 12.3 Å². The lowest BCUT2D eigenvalue weighted by atomic mass is 10.2. The molecule has 0 bridgehead atoms. The molecule has 1 heterocycles. The quantitative estimate of drug-likeness (QED) is 0.831. The van der Waals surface area contributed by atoms with E-state index in [2.05, 4.69) is 43.1 Å². The highest BCUT2D eigenvalue weighted by molar-refractivity contribution is 9.13. The smallest absolute Gasteiger partial charge is 0.261 e. The van der Waals surface area contributed by atoms with Crippen LogP contribution in [0.4, 0.5) is 0 Å². The zero-order chi connectivity index (χ0) is 11.4. The van der Waals surface area contributed by atoms with Crippen molar-refractivity contribution in [1.29, 1.82) is 0 Å². The molecule has 1 N–H and O–H groups in total. The van der Waals surface area contributed by atoms with Gasteiger partial charge in [-0.2, -0.15) is 0 Å². The summed E-state index contributed by atoms with van der Waals surface area (Å²) < 4.78 is 1.81. The average Bonchev–Trinajstić information content (AvgIpc) is 2.47. The number of hydrogen-bond donors (Lipinski definition) is 1. The first-order valence-corrected chi connectivity index (χ1v) is 6.64. The van der Waals surface area contributed by atoms with Gasteiger partial charge in [0.05, 0.1) is 8.66 Å². The number of carbonyl (C=O) groups is 1. The van der Waals surface area contributed by atoms with Gasteiger partial charge in [0, 0.05) is 16.9 Å². The van der Waals surface area contributed by atoms with Crippen LogP contribution in [0.5, 0.6) is 0 Å². The SMILES string of the molecule is C#CCC(C)NC(=O)c1cc(Br)c(Br)s1. The number of nitrogens with one attached hydrogen (secondary N) is 1. The summed E-state index contributed by atoms with van der Waals surface area (Å²) in [4.78, 5) is 12.3. The highest BCUT2D eigenvalue weighted by Crippen LogP contribution is 2.32. The van der Waals surface area contributed by atoms with Gasteiger partial charge < -0.3 is 5.32 Å². The Bertz CT molecular complexity index is 389. The van der Waals surface area contributed by atoms with E-state index in [1.165, 1.54) is 11.3 Å². The van der Waals surface area contributed by atoms with Crippen LogP contribution in [0.3, 0.4) is 0 Å². The normalized spacial score (nSPS) is 11.9. The lowest BCUT2D eigenvalue weighted by Crippen LogP contribution is -2.31. The molecule has 0 saturated carbocycles. The molecule has 1 aromatic rings. The van der Waals surface area contributed by atoms with Crippen LogP contribution in [0, 0.1) is 12.3 Å². The highest BCUT2D eigenvalue weighted by Gasteiger charge is 2.13. The second-order valence-corrected chi connectivity index (χ2v) is 6.24. The summed E-state index contributed by atoms with van der Waals surface area (Å²) in [6, 6.07) is 1.79. The van der Waals surface area contributed by atoms with Crippen molar-refractivity contribution in [2.45, 2.75) is 19.4 Å². The summed E-state index contributed by atoms with van der Waals surface area (Å²) in [5, 5.41) is 2.82. The molecule has 0 saturated heterocycles. The molecule has 0 aliphatic rings. The molecular formula is C10H9Br2NOS. The zero-order valence-electron chi connectivity index (χ0n) is 8.01. The van der Waals surface area contributed by atoms with Crippen molar-refractivity contribution in [1.82, 2.24) is 5.32 Å². The zero-order valence-corrected chi connectivity index (χ0v) is 12.0. The standard InChI is InChI=1S/C10H9Br2NOS/c1-3-4-6(2)13-10(14)8-5-7(11)9(12)15-8/h1,5-6H,4H2,2H3,(H,13,14). The van der Waals surface area contributed by atoms with Crippen LogP contribution in [0.2, 0.25) is 0 Å². The fraction of sp³-hybridized carbons (Fsp3) is 0.300. The van der Waals surface area contributed by atoms with Crippen LogP contribution >= 0.6 is 43.2 Å². The summed E-state index contributed by atoms with van der Waals surface area (Å²) in [5.74, 6) is 2.42. The third-order valence-electron chi connectivity index (χ3n) is 1.67. The lowest BCUT2D eigenvalue weighted by molar-refractivity contribution is 0.0945. The number of amides is 1. The van der Waals surface area contributed by atoms with Gasteiger partial charge in [-0.3, -0.25) is 4.79 Å². The first-order valence-electron chi connectivity index (χ1n) is 4.23. The number of rotatable bonds is 3. The average molecular weight is 351 g/mol. The number of carbonyl (C=O) groups excluding carboxylic acids is 1. The maximum atomic E-state index is 11.7. The molecule has 0 fully saturated rings. The van der Waals surface area contributed by atoms with Crippen molar-refractivity contribution in [3.63, 3.8) is 0 Å². The molecule has 1 aromatic heterocycles. The molecule has 1 amide bonds. The molecule has 0 radical (unpaired) electrons. The monoisotopic (exact) mass is 349 g/mol. The summed E-state index contributed by atoms with van der Waals surface area (Å²) in [5.41, 5.74) is 0. The second-order valence-electron chi connectivity index (χ2n) is 3.02. The largest absolute Gasteiger partial charge is 0.348 e. The highest BCUT2D eigenvalue weighted by atomic mass is 79.9. The van der Waals surface area contributed by atoms with Crippen LogP contribution in [0.25, 0.3) is 0 Å². The van der Waals surface area contributed by atoms with Gasteiger partial charge in [-0.1, -0.05) is 0 Å². The van der Waals surface area contributed by atoms with Crippen LogP contribution in [0.15, 0.2) is 14.3 Å². The minimum absolute atomic E-state index is 0.00199. The van der Waals surface area contributed by atoms with Crippen LogP contribution in [0.1, 0.15) is 23.0 Å². The first-order chi connectivity index (χ1) is 7.04. The molecule has 0 aliphatic heterocycles. The van der Waals surface area contributed by atoms with E-state index in [1.807, 2.05) is 6.92 Å². The maximum absolute atomic E-state index is 11.7. The Labute approximate surface area is 110 Å². The summed E-state index contributed by atoms with van der Waals surface area (Å²) in [6.07, 6.45) is 5.70. The number of terminal acetylenes is 1. The van der Waals surface area contributed by atoms with E-state index in [0.717, 1.165) is 8.26 Å². The minimum Gasteiger partial charge on any atom is -0.348 e. The minimum atomic E-state index is -0.0887. The number of halogens is 2. The van der Waals surface area contributed by atoms with Crippen molar-refractivity contribution in [2.75, 3.05) is 0 Å². The molecule has 80 valence electrons. The third kappa shape index (κ3) is 3.63. The predicted molar refractivity (Wildman–Crippen MR) is 70.1 cm³/mol. The van der Waals surface area contributed by atoms with Crippen molar-refractivity contribution in [2.24, 2.45) is 0 Å². The van der Waals surface area contributed by atoms with Crippen LogP contribution < -0.4 is 5.32 Å². The van der Waals surface area contributed by atoms with Gasteiger partial charge in [0.1, 0.15) is 0 Å². The van der Waals surface area contributed by atoms with Gasteiger partial charge >= 0.3 is 0 Å². The van der Waals surface area contributed by atoms with Crippen molar-refractivity contribution >= 4 is 49.1 Å². The number of thiophene rings is 1. The molecular weight excluding hydrogens is 342 g/mol. The summed E-state index contributed by atoms with van der Waals surface area (Å²) >= 11 is 8.06. The van der Waals surface area contributed by atoms with Gasteiger partial charge in [-0.15, -0.1) is 23.7 Å². The molecule has 1 atom stereocenters. The van der Waals surface area contributed by atoms with Gasteiger partial charge in [-0.05, 0) is 44.8 Å². The first kappa shape index (κ1) is 12.8. The molecule has 0 aliphatic carbocycles. The molecule has 0 spiro atoms. The van der Waals surface area contributed by atoms with E-state index in [4.69, 9.17) is 6.42 Å². The van der Waals surface area contributed by atoms with E-state index >= 15 is 0 Å². The van der Waals surface area contributed by atoms with E-state index in [0.29, 0.717) is 11.3 Å². The van der Waals surface area contributed by atoms with Gasteiger partial charge in [0.25, 0.3) is 5.91 Å². The van der Waals surface area contributed by atoms with Gasteiger partial charge in [0.2, 0.25) is 0 Å². The predicted octanol–water partition coefficient (Wildman–Crippen LogP) is 3.41. The molecule has 5 heteroatoms. The Morgan fingerprint density at radius 1 is 1.73 bits per heavy atom. The second kappa shape index (κ2) is 5.69. The fourth-order valence-electron chi connectivity index (χ4n) is 0.981. The Morgan fingerprint density at radius 2 is 2.40 bits per heavy atom. The van der Waals surface area contributed by atoms with E-state index < -0.39 is 0 Å². The Kier molecular flexibility index (Phi) is 4.84. The lowest BCUT2D eigenvalue weighted by Gasteiger charge is -2.08. The fourth-order valence-corrected chi connectivity index (χ4v) is 2.92. The Balaban J connectivity index is 2.66. The van der Waals surface area contributed by atoms with Crippen LogP contribution in [-0.4, -0.2) is 11.9 Å². The van der Waals surface area contributed by atoms with Crippen LogP contribution in [-0.2, 0) is 0 Å². The molecule has 15 heavy (non-hydrogen) atoms. The summed E-state index contributed by atoms with van der Waals surface area (Å²) in [7, 11) is 0.